The van der Waals surface area contributed by atoms with Crippen LogP contribution in [0.3, 0.4) is 0 Å². The van der Waals surface area contributed by atoms with Crippen LogP contribution in [0.1, 0.15) is 0 Å². The monoisotopic (exact) mass is 822 g/mol. The van der Waals surface area contributed by atoms with Crippen LogP contribution in [0.2, 0.25) is 0 Å². The van der Waals surface area contributed by atoms with Crippen molar-refractivity contribution in [3.05, 3.63) is 127 Å². The average Bonchev–Trinajstić information content (AvgIpc) is 3.73. The quantitative estimate of drug-likeness (QED) is 0.132. The Morgan fingerprint density at radius 2 is 0.742 bits per heavy atom. The molecule has 66 heavy (non-hydrogen) atoms. The Morgan fingerprint density at radius 3 is 1.26 bits per heavy atom. The summed E-state index contributed by atoms with van der Waals surface area (Å²) in [6.07, 6.45) is 0. The molecule has 3 N–H and O–H groups in total. The van der Waals surface area contributed by atoms with E-state index in [1.807, 2.05) is 84.9 Å². The molecule has 5 nitrogen and oxygen atoms in total. The zero-order chi connectivity index (χ0) is 46.5. The first-order valence-corrected chi connectivity index (χ1v) is 20.6. The van der Waals surface area contributed by atoms with Crippen LogP contribution in [0.5, 0.6) is 17.2 Å². The number of phenolic OH excluding ortho intramolecular Hbond substituents is 3. The van der Waals surface area contributed by atoms with E-state index in [0.29, 0.717) is 60.4 Å². The predicted molar refractivity (Wildman–Crippen MR) is 282 cm³/mol. The van der Waals surface area contributed by atoms with Gasteiger partial charge in [0, 0.05) is 5.56 Å². The number of benzene rings is 9. The molecule has 0 aliphatic heterocycles. The first-order valence-electron chi connectivity index (χ1n) is 20.6. The van der Waals surface area contributed by atoms with Gasteiger partial charge in [-0.05, 0) is 102 Å². The lowest BCUT2D eigenvalue weighted by Crippen LogP contribution is -2.50. The molecule has 0 amide bonds. The van der Waals surface area contributed by atoms with Gasteiger partial charge in [0.15, 0.2) is 11.5 Å². The van der Waals surface area contributed by atoms with Gasteiger partial charge in [-0.2, -0.15) is 0 Å². The zero-order valence-corrected chi connectivity index (χ0v) is 35.1. The molecule has 9 aromatic carbocycles. The van der Waals surface area contributed by atoms with Crippen molar-refractivity contribution in [3.8, 4) is 78.8 Å². The number of aromatic nitrogens is 2. The van der Waals surface area contributed by atoms with Crippen LogP contribution < -0.4 is 54.6 Å². The van der Waals surface area contributed by atoms with Gasteiger partial charge in [0.05, 0.1) is 16.7 Å². The molecule has 0 aliphatic rings. The summed E-state index contributed by atoms with van der Waals surface area (Å²) in [5.74, 6) is -2.06. The number of imidazole rings is 1. The topological polar surface area (TPSA) is 78.5 Å². The number of hydrogen-bond donors (Lipinski definition) is 3. The van der Waals surface area contributed by atoms with Crippen molar-refractivity contribution in [3.63, 3.8) is 0 Å². The molecule has 15 heteroatoms. The number of phenols is 3. The van der Waals surface area contributed by atoms with E-state index in [1.165, 1.54) is 0 Å². The van der Waals surface area contributed by atoms with Crippen molar-refractivity contribution in [2.24, 2.45) is 0 Å². The molecule has 0 spiro atoms. The van der Waals surface area contributed by atoms with Crippen LogP contribution in [-0.4, -0.2) is 103 Å². The van der Waals surface area contributed by atoms with Gasteiger partial charge in [-0.3, -0.25) is 4.57 Å². The van der Waals surface area contributed by atoms with Crippen molar-refractivity contribution >= 4 is 166 Å². The molecule has 1 heterocycles. The van der Waals surface area contributed by atoms with E-state index in [4.69, 9.17) is 83.4 Å². The average molecular weight is 821 g/mol. The van der Waals surface area contributed by atoms with Crippen LogP contribution >= 0.6 is 0 Å². The van der Waals surface area contributed by atoms with Gasteiger partial charge < -0.3 is 15.3 Å². The molecule has 286 valence electrons. The number of nitrogens with zero attached hydrogens (tertiary/aromatic N) is 2. The maximum absolute atomic E-state index is 11.4. The number of aromatic hydroxyl groups is 3. The molecule has 10 aromatic rings. The Labute approximate surface area is 394 Å². The van der Waals surface area contributed by atoms with Gasteiger partial charge in [0.25, 0.3) is 0 Å². The van der Waals surface area contributed by atoms with Gasteiger partial charge in [-0.15, -0.1) is 21.9 Å². The second kappa shape index (κ2) is 16.2. The van der Waals surface area contributed by atoms with Crippen molar-refractivity contribution in [1.29, 1.82) is 0 Å². The van der Waals surface area contributed by atoms with Crippen molar-refractivity contribution in [1.82, 2.24) is 9.55 Å². The van der Waals surface area contributed by atoms with Gasteiger partial charge in [0.2, 0.25) is 5.75 Å². The molecule has 0 atom stereocenters. The maximum Gasteiger partial charge on any atom is 0.201 e. The fourth-order valence-corrected chi connectivity index (χ4v) is 9.11. The van der Waals surface area contributed by atoms with E-state index < -0.39 is 17.2 Å². The summed E-state index contributed by atoms with van der Waals surface area (Å²) in [6.45, 7) is 0. The lowest BCUT2D eigenvalue weighted by molar-refractivity contribution is 0.369. The maximum atomic E-state index is 11.4. The summed E-state index contributed by atoms with van der Waals surface area (Å²) in [5.41, 5.74) is 7.56. The molecule has 0 saturated heterocycles. The normalized spacial score (nSPS) is 11.5. The second-order valence-electron chi connectivity index (χ2n) is 16.2. The summed E-state index contributed by atoms with van der Waals surface area (Å²) >= 11 is 0. The standard InChI is InChI=1S/C51H24B10N2O3/c52-37-33-31(24-14-9-15-25(18-24)51-62-29-16-7-8-17-30(29)63(51)47-45(60)46(61)48(64)50(66)49(47)65)34-36(40(55)44(59)42(57)38(34)53)32(35(33)39(54)43(58)41(37)56)28-20-26(22-10-3-1-4-11-22)19-27(21-28)23-12-5-2-6-13-23/h1-21,64-66H. The highest BCUT2D eigenvalue weighted by Gasteiger charge is 2.28. The Bertz CT molecular complexity index is 3530. The minimum atomic E-state index is -0.854. The molecule has 0 saturated carbocycles. The molecule has 10 rings (SSSR count). The Hall–Kier alpha value is -6.98. The number of rotatable bonds is 6. The summed E-state index contributed by atoms with van der Waals surface area (Å²) in [7, 11) is 68.2. The minimum absolute atomic E-state index is 0.0538. The number of fused-ring (bicyclic) bond motifs is 3. The van der Waals surface area contributed by atoms with Gasteiger partial charge in [-0.25, -0.2) is 4.98 Å². The Balaban J connectivity index is 1.36. The van der Waals surface area contributed by atoms with Crippen LogP contribution in [0, 0.1) is 0 Å². The largest absolute Gasteiger partial charge is 0.505 e. The van der Waals surface area contributed by atoms with E-state index >= 15 is 0 Å². The van der Waals surface area contributed by atoms with Gasteiger partial charge in [-0.1, -0.05) is 124 Å². The first-order chi connectivity index (χ1) is 31.7. The third-order valence-electron chi connectivity index (χ3n) is 12.4. The summed E-state index contributed by atoms with van der Waals surface area (Å²) in [5, 5.41) is 34.3. The third kappa shape index (κ3) is 6.49. The van der Waals surface area contributed by atoms with Crippen LogP contribution in [0.15, 0.2) is 127 Å². The van der Waals surface area contributed by atoms with E-state index in [2.05, 4.69) is 6.07 Å². The zero-order valence-electron chi connectivity index (χ0n) is 35.1. The Kier molecular flexibility index (Phi) is 10.5. The second-order valence-corrected chi connectivity index (χ2v) is 16.2. The third-order valence-corrected chi connectivity index (χ3v) is 12.4. The molecular formula is C51H24B10N2O3. The summed E-state index contributed by atoms with van der Waals surface area (Å²) in [4.78, 5) is 4.97. The van der Waals surface area contributed by atoms with Crippen molar-refractivity contribution < 1.29 is 15.3 Å². The lowest BCUT2D eigenvalue weighted by Gasteiger charge is -2.29. The number of hydrogen-bond acceptors (Lipinski definition) is 4. The van der Waals surface area contributed by atoms with Gasteiger partial charge >= 0.3 is 0 Å². The van der Waals surface area contributed by atoms with E-state index in [-0.39, 0.29) is 66.1 Å². The summed E-state index contributed by atoms with van der Waals surface area (Å²) in [6, 6.07) is 40.5. The van der Waals surface area contributed by atoms with E-state index in [9.17, 15) is 15.3 Å². The molecule has 0 aliphatic carbocycles. The SMILES string of the molecule is [B]c1c([B])c(-n2c(-c3cccc(-c4c5c([B])c([B])c([B])c([B])c5c(-c5cc(-c6ccccc6)cc(-c6ccccc6)c5)c5c([B])c([B])c([B])c([B])c45)c3)nc3ccccc32)c(O)c(O)c1O. The minimum Gasteiger partial charge on any atom is -0.505 e. The van der Waals surface area contributed by atoms with Crippen LogP contribution in [0.25, 0.3) is 94.2 Å². The lowest BCUT2D eigenvalue weighted by atomic mass is 9.59. The highest BCUT2D eigenvalue weighted by molar-refractivity contribution is 6.71. The summed E-state index contributed by atoms with van der Waals surface area (Å²) < 4.78 is 1.55. The first kappa shape index (κ1) is 42.9. The Morgan fingerprint density at radius 1 is 0.333 bits per heavy atom. The molecule has 20 radical (unpaired) electrons. The molecule has 1 aromatic heterocycles. The molecule has 0 bridgehead atoms. The highest BCUT2D eigenvalue weighted by Crippen LogP contribution is 2.45. The molecule has 0 unspecified atom stereocenters. The van der Waals surface area contributed by atoms with Gasteiger partial charge in [0.1, 0.15) is 84.3 Å². The van der Waals surface area contributed by atoms with Crippen molar-refractivity contribution in [2.45, 2.75) is 0 Å². The van der Waals surface area contributed by atoms with E-state index in [1.54, 1.807) is 41.0 Å². The van der Waals surface area contributed by atoms with E-state index in [0.717, 1.165) is 22.3 Å². The fourth-order valence-electron chi connectivity index (χ4n) is 9.11. The van der Waals surface area contributed by atoms with Crippen LogP contribution in [0.4, 0.5) is 0 Å². The highest BCUT2D eigenvalue weighted by atomic mass is 16.3. The number of para-hydroxylation sites is 2. The smallest absolute Gasteiger partial charge is 0.201 e. The molecular weight excluding hydrogens is 797 g/mol. The van der Waals surface area contributed by atoms with Crippen LogP contribution in [-0.2, 0) is 0 Å². The molecule has 0 fully saturated rings. The van der Waals surface area contributed by atoms with Crippen molar-refractivity contribution in [2.75, 3.05) is 0 Å². The fraction of sp³-hybridized carbons (Fsp3) is 0. The predicted octanol–water partition coefficient (Wildman–Crippen LogP) is 0.722.